The second kappa shape index (κ2) is 8.76. The molecule has 0 amide bonds. The van der Waals surface area contributed by atoms with E-state index in [-0.39, 0.29) is 23.3 Å². The monoisotopic (exact) mass is 437 g/mol. The van der Waals surface area contributed by atoms with Gasteiger partial charge in [-0.05, 0) is 24.3 Å². The van der Waals surface area contributed by atoms with Gasteiger partial charge in [0.2, 0.25) is 0 Å². The number of ether oxygens (including phenoxy) is 1. The van der Waals surface area contributed by atoms with Gasteiger partial charge in [0.25, 0.3) is 0 Å². The molecule has 1 aromatic heterocycles. The SMILES string of the molecule is OC[C@H]1O[C@H](Sc2ccccc2)C[C@@H](n2cc(-c3cc(F)c(F)c(F)c3)nn2)[C@H]1O. The van der Waals surface area contributed by atoms with Crippen molar-refractivity contribution in [2.75, 3.05) is 6.61 Å². The standard InChI is InChI=1S/C20H18F3N3O3S/c21-13-6-11(7-14(22)19(13)23)15-9-26(25-24-15)16-8-18(29-17(10-27)20(16)28)30-12-4-2-1-3-5-12/h1-7,9,16-18,20,27-28H,8,10H2/t16-,17-,18-,20-/m1/s1. The van der Waals surface area contributed by atoms with Gasteiger partial charge >= 0.3 is 0 Å². The number of aliphatic hydroxyl groups excluding tert-OH is 2. The number of hydrogen-bond donors (Lipinski definition) is 2. The van der Waals surface area contributed by atoms with Crippen LogP contribution in [0.1, 0.15) is 12.5 Å². The molecule has 1 aliphatic heterocycles. The van der Waals surface area contributed by atoms with Crippen LogP contribution in [0, 0.1) is 17.5 Å². The predicted molar refractivity (Wildman–Crippen MR) is 103 cm³/mol. The molecule has 0 saturated carbocycles. The maximum absolute atomic E-state index is 13.5. The Morgan fingerprint density at radius 2 is 1.83 bits per heavy atom. The van der Waals surface area contributed by atoms with Gasteiger partial charge < -0.3 is 14.9 Å². The van der Waals surface area contributed by atoms with Crippen molar-refractivity contribution in [1.29, 1.82) is 0 Å². The summed E-state index contributed by atoms with van der Waals surface area (Å²) >= 11 is 1.45. The summed E-state index contributed by atoms with van der Waals surface area (Å²) in [5, 5.41) is 28.1. The lowest BCUT2D eigenvalue weighted by Crippen LogP contribution is -2.47. The Morgan fingerprint density at radius 3 is 2.50 bits per heavy atom. The van der Waals surface area contributed by atoms with Crippen LogP contribution in [0.5, 0.6) is 0 Å². The molecule has 1 fully saturated rings. The van der Waals surface area contributed by atoms with E-state index in [0.29, 0.717) is 6.42 Å². The van der Waals surface area contributed by atoms with Gasteiger partial charge in [-0.25, -0.2) is 17.9 Å². The summed E-state index contributed by atoms with van der Waals surface area (Å²) in [6.45, 7) is -0.389. The molecule has 1 saturated heterocycles. The summed E-state index contributed by atoms with van der Waals surface area (Å²) in [5.41, 5.74) is -0.223. The summed E-state index contributed by atoms with van der Waals surface area (Å²) in [4.78, 5) is 0.964. The molecule has 6 nitrogen and oxygen atoms in total. The van der Waals surface area contributed by atoms with Crippen molar-refractivity contribution in [3.8, 4) is 11.3 Å². The number of aliphatic hydroxyl groups is 2. The molecule has 2 aromatic carbocycles. The van der Waals surface area contributed by atoms with E-state index < -0.39 is 35.7 Å². The number of benzene rings is 2. The largest absolute Gasteiger partial charge is 0.394 e. The first kappa shape index (κ1) is 20.9. The molecule has 2 N–H and O–H groups in total. The number of rotatable bonds is 5. The van der Waals surface area contributed by atoms with E-state index in [1.807, 2.05) is 30.3 Å². The maximum atomic E-state index is 13.5. The third-order valence-corrected chi connectivity index (χ3v) is 5.97. The summed E-state index contributed by atoms with van der Waals surface area (Å²) in [7, 11) is 0. The molecule has 4 rings (SSSR count). The first-order valence-corrected chi connectivity index (χ1v) is 10.1. The van der Waals surface area contributed by atoms with Crippen molar-refractivity contribution in [3.05, 3.63) is 66.1 Å². The Hall–Kier alpha value is -2.40. The Balaban J connectivity index is 1.58. The van der Waals surface area contributed by atoms with Crippen LogP contribution >= 0.6 is 11.8 Å². The molecule has 0 unspecified atom stereocenters. The molecule has 30 heavy (non-hydrogen) atoms. The van der Waals surface area contributed by atoms with Gasteiger partial charge in [0.05, 0.1) is 18.8 Å². The number of aromatic nitrogens is 3. The molecule has 158 valence electrons. The van der Waals surface area contributed by atoms with E-state index in [1.54, 1.807) is 0 Å². The predicted octanol–water partition coefficient (Wildman–Crippen LogP) is 3.16. The lowest BCUT2D eigenvalue weighted by Gasteiger charge is -2.38. The zero-order valence-electron chi connectivity index (χ0n) is 15.5. The van der Waals surface area contributed by atoms with Gasteiger partial charge in [-0.1, -0.05) is 35.2 Å². The van der Waals surface area contributed by atoms with Crippen LogP contribution in [-0.4, -0.2) is 49.5 Å². The molecule has 0 bridgehead atoms. The van der Waals surface area contributed by atoms with E-state index in [4.69, 9.17) is 4.74 Å². The highest BCUT2D eigenvalue weighted by Gasteiger charge is 2.39. The van der Waals surface area contributed by atoms with E-state index in [1.165, 1.54) is 22.6 Å². The van der Waals surface area contributed by atoms with Crippen molar-refractivity contribution >= 4 is 11.8 Å². The van der Waals surface area contributed by atoms with Crippen LogP contribution in [-0.2, 0) is 4.74 Å². The topological polar surface area (TPSA) is 80.4 Å². The third kappa shape index (κ3) is 4.22. The maximum Gasteiger partial charge on any atom is 0.194 e. The van der Waals surface area contributed by atoms with Crippen molar-refractivity contribution in [2.24, 2.45) is 0 Å². The molecule has 1 aliphatic rings. The van der Waals surface area contributed by atoms with E-state index >= 15 is 0 Å². The fourth-order valence-corrected chi connectivity index (χ4v) is 4.44. The highest BCUT2D eigenvalue weighted by Crippen LogP contribution is 2.37. The quantitative estimate of drug-likeness (QED) is 0.597. The third-order valence-electron chi connectivity index (χ3n) is 4.86. The molecule has 4 atom stereocenters. The number of thioether (sulfide) groups is 1. The van der Waals surface area contributed by atoms with Crippen LogP contribution in [0.3, 0.4) is 0 Å². The average Bonchev–Trinajstić information content (AvgIpc) is 3.23. The number of halogens is 3. The highest BCUT2D eigenvalue weighted by molar-refractivity contribution is 7.99. The number of hydrogen-bond acceptors (Lipinski definition) is 6. The minimum atomic E-state index is -1.56. The van der Waals surface area contributed by atoms with Crippen molar-refractivity contribution < 1.29 is 28.1 Å². The highest BCUT2D eigenvalue weighted by atomic mass is 32.2. The molecule has 2 heterocycles. The smallest absolute Gasteiger partial charge is 0.194 e. The van der Waals surface area contributed by atoms with Gasteiger partial charge in [0.1, 0.15) is 23.3 Å². The first-order chi connectivity index (χ1) is 14.5. The minimum Gasteiger partial charge on any atom is -0.394 e. The molecule has 0 radical (unpaired) electrons. The zero-order chi connectivity index (χ0) is 21.3. The second-order valence-electron chi connectivity index (χ2n) is 6.85. The second-order valence-corrected chi connectivity index (χ2v) is 8.08. The molecule has 0 aliphatic carbocycles. The fourth-order valence-electron chi connectivity index (χ4n) is 3.33. The van der Waals surface area contributed by atoms with Crippen LogP contribution in [0.2, 0.25) is 0 Å². The average molecular weight is 437 g/mol. The molecule has 3 aromatic rings. The van der Waals surface area contributed by atoms with Crippen molar-refractivity contribution in [1.82, 2.24) is 15.0 Å². The van der Waals surface area contributed by atoms with Crippen LogP contribution < -0.4 is 0 Å². The van der Waals surface area contributed by atoms with E-state index in [0.717, 1.165) is 17.0 Å². The Kier molecular flexibility index (Phi) is 6.09. The summed E-state index contributed by atoms with van der Waals surface area (Å²) in [6, 6.07) is 10.6. The minimum absolute atomic E-state index is 0.0214. The van der Waals surface area contributed by atoms with Crippen LogP contribution in [0.25, 0.3) is 11.3 Å². The van der Waals surface area contributed by atoms with Gasteiger partial charge in [0, 0.05) is 16.9 Å². The first-order valence-electron chi connectivity index (χ1n) is 9.19. The van der Waals surface area contributed by atoms with Gasteiger partial charge in [0.15, 0.2) is 17.5 Å². The molecule has 0 spiro atoms. The summed E-state index contributed by atoms with van der Waals surface area (Å²) < 4.78 is 47.5. The summed E-state index contributed by atoms with van der Waals surface area (Å²) in [6.07, 6.45) is -0.131. The van der Waals surface area contributed by atoms with Crippen LogP contribution in [0.15, 0.2) is 53.6 Å². The molecular weight excluding hydrogens is 419 g/mol. The number of nitrogens with zero attached hydrogens (tertiary/aromatic N) is 3. The van der Waals surface area contributed by atoms with E-state index in [9.17, 15) is 23.4 Å². The lowest BCUT2D eigenvalue weighted by atomic mass is 10.00. The Labute approximate surface area is 174 Å². The molecule has 10 heteroatoms. The fraction of sp³-hybridized carbons (Fsp3) is 0.300. The lowest BCUT2D eigenvalue weighted by molar-refractivity contribution is -0.130. The van der Waals surface area contributed by atoms with Gasteiger partial charge in [-0.15, -0.1) is 5.10 Å². The van der Waals surface area contributed by atoms with Crippen LogP contribution in [0.4, 0.5) is 13.2 Å². The van der Waals surface area contributed by atoms with Gasteiger partial charge in [-0.3, -0.25) is 0 Å². The zero-order valence-corrected chi connectivity index (χ0v) is 16.3. The Morgan fingerprint density at radius 1 is 1.13 bits per heavy atom. The van der Waals surface area contributed by atoms with Crippen molar-refractivity contribution in [3.63, 3.8) is 0 Å². The van der Waals surface area contributed by atoms with E-state index in [2.05, 4.69) is 10.3 Å². The van der Waals surface area contributed by atoms with Crippen molar-refractivity contribution in [2.45, 2.75) is 35.0 Å². The molecular formula is C20H18F3N3O3S. The van der Waals surface area contributed by atoms with Gasteiger partial charge in [-0.2, -0.15) is 0 Å². The summed E-state index contributed by atoms with van der Waals surface area (Å²) in [5.74, 6) is -4.21. The Bertz CT molecular complexity index is 998. The normalized spacial score (nSPS) is 24.2.